The third-order valence-corrected chi connectivity index (χ3v) is 3.45. The largest absolute Gasteiger partial charge is 0.330 e. The van der Waals surface area contributed by atoms with E-state index in [1.807, 2.05) is 6.92 Å². The third-order valence-electron chi connectivity index (χ3n) is 2.95. The number of halogens is 1. The average Bonchev–Trinajstić information content (AvgIpc) is 2.38. The minimum Gasteiger partial charge on any atom is -0.330 e. The van der Waals surface area contributed by atoms with Crippen LogP contribution in [0.5, 0.6) is 0 Å². The van der Waals surface area contributed by atoms with E-state index >= 15 is 0 Å². The van der Waals surface area contributed by atoms with Gasteiger partial charge in [0.05, 0.1) is 4.92 Å². The van der Waals surface area contributed by atoms with Gasteiger partial charge < -0.3 is 11.1 Å². The highest BCUT2D eigenvalue weighted by Crippen LogP contribution is 2.28. The second kappa shape index (κ2) is 7.96. The lowest BCUT2D eigenvalue weighted by atomic mass is 10.0. The van der Waals surface area contributed by atoms with Crippen molar-refractivity contribution in [3.05, 3.63) is 32.8 Å². The quantitative estimate of drug-likeness (QED) is 0.587. The van der Waals surface area contributed by atoms with Gasteiger partial charge in [-0.15, -0.1) is 0 Å². The Kier molecular flexibility index (Phi) is 6.60. The number of hydrogen-bond acceptors (Lipinski definition) is 4. The fraction of sp³-hybridized carbons (Fsp3) is 0.462. The van der Waals surface area contributed by atoms with E-state index in [0.717, 1.165) is 6.42 Å². The van der Waals surface area contributed by atoms with E-state index in [2.05, 4.69) is 21.2 Å². The Morgan fingerprint density at radius 2 is 2.20 bits per heavy atom. The van der Waals surface area contributed by atoms with Crippen LogP contribution in [0.1, 0.15) is 26.2 Å². The number of rotatable bonds is 7. The van der Waals surface area contributed by atoms with Crippen molar-refractivity contribution in [3.63, 3.8) is 0 Å². The molecule has 0 aliphatic carbocycles. The van der Waals surface area contributed by atoms with Gasteiger partial charge in [0.25, 0.3) is 5.69 Å². The van der Waals surface area contributed by atoms with Crippen LogP contribution in [0.25, 0.3) is 0 Å². The number of nitro groups is 1. The molecule has 0 saturated carbocycles. The molecule has 1 unspecified atom stereocenters. The number of carbonyl (C=O) groups is 1. The van der Waals surface area contributed by atoms with E-state index in [1.54, 1.807) is 6.07 Å². The van der Waals surface area contributed by atoms with Crippen LogP contribution in [0.2, 0.25) is 0 Å². The van der Waals surface area contributed by atoms with Gasteiger partial charge in [0.15, 0.2) is 0 Å². The Hall–Kier alpha value is -1.47. The molecule has 1 atom stereocenters. The molecule has 1 aromatic rings. The summed E-state index contributed by atoms with van der Waals surface area (Å²) in [6.45, 7) is 2.63. The molecule has 20 heavy (non-hydrogen) atoms. The van der Waals surface area contributed by atoms with Crippen molar-refractivity contribution in [2.24, 2.45) is 11.7 Å². The van der Waals surface area contributed by atoms with Crippen molar-refractivity contribution >= 4 is 33.2 Å². The van der Waals surface area contributed by atoms with Crippen LogP contribution in [0.3, 0.4) is 0 Å². The summed E-state index contributed by atoms with van der Waals surface area (Å²) in [6.07, 6.45) is 1.91. The zero-order chi connectivity index (χ0) is 15.1. The number of hydrogen-bond donors (Lipinski definition) is 2. The smallest absolute Gasteiger partial charge is 0.293 e. The number of benzene rings is 1. The van der Waals surface area contributed by atoms with E-state index in [4.69, 9.17) is 5.73 Å². The van der Waals surface area contributed by atoms with Crippen molar-refractivity contribution in [2.75, 3.05) is 11.9 Å². The van der Waals surface area contributed by atoms with Gasteiger partial charge in [-0.2, -0.15) is 0 Å². The van der Waals surface area contributed by atoms with Crippen LogP contribution in [-0.4, -0.2) is 17.4 Å². The molecule has 0 heterocycles. The molecule has 1 amide bonds. The van der Waals surface area contributed by atoms with Crippen LogP contribution in [0, 0.1) is 16.0 Å². The lowest BCUT2D eigenvalue weighted by Gasteiger charge is -2.10. The molecule has 0 fully saturated rings. The summed E-state index contributed by atoms with van der Waals surface area (Å²) in [5.74, 6) is 0.143. The molecule has 0 aliphatic rings. The first kappa shape index (κ1) is 16.6. The predicted molar refractivity (Wildman–Crippen MR) is 81.5 cm³/mol. The number of nitrogens with one attached hydrogen (secondary N) is 1. The van der Waals surface area contributed by atoms with E-state index < -0.39 is 4.92 Å². The predicted octanol–water partition coefficient (Wildman–Crippen LogP) is 3.06. The van der Waals surface area contributed by atoms with Crippen LogP contribution < -0.4 is 11.1 Å². The Morgan fingerprint density at radius 3 is 2.80 bits per heavy atom. The molecule has 7 heteroatoms. The number of carbonyl (C=O) groups excluding carboxylic acids is 1. The second-order valence-corrected chi connectivity index (χ2v) is 5.60. The van der Waals surface area contributed by atoms with Gasteiger partial charge in [-0.3, -0.25) is 14.9 Å². The molecule has 0 aromatic heterocycles. The van der Waals surface area contributed by atoms with Gasteiger partial charge in [0, 0.05) is 17.0 Å². The third kappa shape index (κ3) is 5.26. The topological polar surface area (TPSA) is 98.3 Å². The van der Waals surface area contributed by atoms with Gasteiger partial charge in [-0.05, 0) is 37.4 Å². The first-order valence-electron chi connectivity index (χ1n) is 6.38. The molecule has 0 bridgehead atoms. The lowest BCUT2D eigenvalue weighted by molar-refractivity contribution is -0.384. The molecular weight excluding hydrogens is 326 g/mol. The number of nitrogens with two attached hydrogens (primary N) is 1. The minimum atomic E-state index is -0.516. The lowest BCUT2D eigenvalue weighted by Crippen LogP contribution is -2.15. The van der Waals surface area contributed by atoms with Crippen LogP contribution in [0.15, 0.2) is 22.7 Å². The second-order valence-electron chi connectivity index (χ2n) is 4.69. The SMILES string of the molecule is CC(CCN)CCC(=O)Nc1ccc(Br)cc1[N+](=O)[O-]. The van der Waals surface area contributed by atoms with E-state index in [1.165, 1.54) is 12.1 Å². The molecule has 0 radical (unpaired) electrons. The zero-order valence-electron chi connectivity index (χ0n) is 11.3. The Labute approximate surface area is 126 Å². The summed E-state index contributed by atoms with van der Waals surface area (Å²) in [5.41, 5.74) is 5.54. The highest BCUT2D eigenvalue weighted by atomic mass is 79.9. The van der Waals surface area contributed by atoms with Crippen LogP contribution >= 0.6 is 15.9 Å². The number of nitrogens with zero attached hydrogens (tertiary/aromatic N) is 1. The molecule has 1 rings (SSSR count). The summed E-state index contributed by atoms with van der Waals surface area (Å²) in [4.78, 5) is 22.2. The van der Waals surface area contributed by atoms with Gasteiger partial charge >= 0.3 is 0 Å². The highest BCUT2D eigenvalue weighted by Gasteiger charge is 2.16. The Balaban J connectivity index is 2.64. The van der Waals surface area contributed by atoms with Gasteiger partial charge in [-0.25, -0.2) is 0 Å². The molecule has 0 aliphatic heterocycles. The number of anilines is 1. The monoisotopic (exact) mass is 343 g/mol. The molecule has 110 valence electrons. The maximum atomic E-state index is 11.8. The summed E-state index contributed by atoms with van der Waals surface area (Å²) in [7, 11) is 0. The Morgan fingerprint density at radius 1 is 1.50 bits per heavy atom. The highest BCUT2D eigenvalue weighted by molar-refractivity contribution is 9.10. The van der Waals surface area contributed by atoms with Crippen LogP contribution in [-0.2, 0) is 4.79 Å². The van der Waals surface area contributed by atoms with Crippen molar-refractivity contribution in [1.29, 1.82) is 0 Å². The van der Waals surface area contributed by atoms with E-state index in [0.29, 0.717) is 29.8 Å². The average molecular weight is 344 g/mol. The van der Waals surface area contributed by atoms with Crippen molar-refractivity contribution in [1.82, 2.24) is 0 Å². The summed E-state index contributed by atoms with van der Waals surface area (Å²) < 4.78 is 0.596. The molecule has 0 spiro atoms. The fourth-order valence-electron chi connectivity index (χ4n) is 1.78. The maximum absolute atomic E-state index is 11.8. The van der Waals surface area contributed by atoms with Crippen LogP contribution in [0.4, 0.5) is 11.4 Å². The molecule has 1 aromatic carbocycles. The summed E-state index contributed by atoms with van der Waals surface area (Å²) >= 11 is 3.17. The first-order valence-corrected chi connectivity index (χ1v) is 7.17. The van der Waals surface area contributed by atoms with Gasteiger partial charge in [0.2, 0.25) is 5.91 Å². The number of amides is 1. The normalized spacial score (nSPS) is 11.9. The van der Waals surface area contributed by atoms with Crippen molar-refractivity contribution < 1.29 is 9.72 Å². The number of nitro benzene ring substituents is 1. The molecule has 0 saturated heterocycles. The standard InChI is InChI=1S/C13H18BrN3O3/c1-9(6-7-15)2-5-13(18)16-11-4-3-10(14)8-12(11)17(19)20/h3-4,8-9H,2,5-7,15H2,1H3,(H,16,18). The maximum Gasteiger partial charge on any atom is 0.293 e. The van der Waals surface area contributed by atoms with Crippen molar-refractivity contribution in [3.8, 4) is 0 Å². The molecule has 6 nitrogen and oxygen atoms in total. The van der Waals surface area contributed by atoms with Gasteiger partial charge in [0.1, 0.15) is 5.69 Å². The zero-order valence-corrected chi connectivity index (χ0v) is 12.9. The van der Waals surface area contributed by atoms with E-state index in [-0.39, 0.29) is 17.3 Å². The van der Waals surface area contributed by atoms with Gasteiger partial charge in [-0.1, -0.05) is 22.9 Å². The summed E-state index contributed by atoms with van der Waals surface area (Å²) in [6, 6.07) is 4.54. The molecule has 3 N–H and O–H groups in total. The van der Waals surface area contributed by atoms with E-state index in [9.17, 15) is 14.9 Å². The first-order chi connectivity index (χ1) is 9.43. The van der Waals surface area contributed by atoms with Crippen molar-refractivity contribution in [2.45, 2.75) is 26.2 Å². The minimum absolute atomic E-state index is 0.122. The Bertz CT molecular complexity index is 494. The summed E-state index contributed by atoms with van der Waals surface area (Å²) in [5, 5.41) is 13.5. The fourth-order valence-corrected chi connectivity index (χ4v) is 2.13. The molecular formula is C13H18BrN3O3.